The molecule has 5 nitrogen and oxygen atoms in total. The van der Waals surface area contributed by atoms with E-state index in [0.29, 0.717) is 5.56 Å². The van der Waals surface area contributed by atoms with E-state index in [1.54, 1.807) is 4.90 Å². The lowest BCUT2D eigenvalue weighted by Gasteiger charge is -2.41. The highest BCUT2D eigenvalue weighted by molar-refractivity contribution is 5.99. The number of ether oxygens (including phenoxy) is 1. The molecule has 0 aliphatic carbocycles. The van der Waals surface area contributed by atoms with Gasteiger partial charge in [0.2, 0.25) is 6.10 Å². The molecule has 1 amide bonds. The summed E-state index contributed by atoms with van der Waals surface area (Å²) in [7, 11) is 0. The summed E-state index contributed by atoms with van der Waals surface area (Å²) < 4.78 is 5.49. The number of carbonyl (C=O) groups is 2. The van der Waals surface area contributed by atoms with Gasteiger partial charge in [-0.3, -0.25) is 9.59 Å². The molecule has 1 aliphatic heterocycles. The summed E-state index contributed by atoms with van der Waals surface area (Å²) in [6.07, 6.45) is -0.244. The summed E-state index contributed by atoms with van der Waals surface area (Å²) in [5.74, 6) is -0.719. The molecule has 0 radical (unpaired) electrons. The van der Waals surface area contributed by atoms with E-state index >= 15 is 0 Å². The van der Waals surface area contributed by atoms with Crippen molar-refractivity contribution in [1.82, 2.24) is 0 Å². The van der Waals surface area contributed by atoms with Gasteiger partial charge in [-0.25, -0.2) is 0 Å². The van der Waals surface area contributed by atoms with Crippen LogP contribution in [0.1, 0.15) is 43.5 Å². The van der Waals surface area contributed by atoms with Crippen LogP contribution < -0.4 is 10.2 Å². The zero-order valence-electron chi connectivity index (χ0n) is 17.7. The lowest BCUT2D eigenvalue weighted by molar-refractivity contribution is -0.153. The highest BCUT2D eigenvalue weighted by atomic mass is 16.5. The molecule has 1 N–H and O–H groups in total. The number of hydrogen-bond acceptors (Lipinski definition) is 4. The molecular formula is C26H26N2O3. The van der Waals surface area contributed by atoms with Crippen molar-refractivity contribution in [2.24, 2.45) is 0 Å². The van der Waals surface area contributed by atoms with E-state index in [0.717, 1.165) is 23.4 Å². The van der Waals surface area contributed by atoms with Crippen LogP contribution in [-0.2, 0) is 14.3 Å². The minimum atomic E-state index is -0.979. The predicted molar refractivity (Wildman–Crippen MR) is 122 cm³/mol. The normalized spacial score (nSPS) is 18.6. The van der Waals surface area contributed by atoms with Gasteiger partial charge in [0, 0.05) is 29.9 Å². The highest BCUT2D eigenvalue weighted by Gasteiger charge is 2.38. The molecule has 0 saturated heterocycles. The molecule has 3 aromatic rings. The van der Waals surface area contributed by atoms with E-state index in [1.807, 2.05) is 91.9 Å². The fraction of sp³-hybridized carbons (Fsp3) is 0.231. The Morgan fingerprint density at radius 2 is 1.55 bits per heavy atom. The molecule has 3 aromatic carbocycles. The van der Waals surface area contributed by atoms with E-state index < -0.39 is 12.1 Å². The van der Waals surface area contributed by atoms with Gasteiger partial charge in [-0.15, -0.1) is 0 Å². The lowest BCUT2D eigenvalue weighted by atomic mass is 9.90. The monoisotopic (exact) mass is 414 g/mol. The molecule has 1 heterocycles. The van der Waals surface area contributed by atoms with Gasteiger partial charge in [0.25, 0.3) is 5.91 Å². The zero-order valence-corrected chi connectivity index (χ0v) is 17.7. The molecule has 1 aliphatic rings. The Morgan fingerprint density at radius 3 is 2.23 bits per heavy atom. The van der Waals surface area contributed by atoms with Crippen LogP contribution in [0.3, 0.4) is 0 Å². The molecule has 0 bridgehead atoms. The maximum atomic E-state index is 13.7. The van der Waals surface area contributed by atoms with Crippen LogP contribution >= 0.6 is 0 Å². The van der Waals surface area contributed by atoms with Crippen molar-refractivity contribution >= 4 is 23.3 Å². The molecular weight excluding hydrogens is 388 g/mol. The Kier molecular flexibility index (Phi) is 6.03. The average molecular weight is 415 g/mol. The van der Waals surface area contributed by atoms with Crippen molar-refractivity contribution in [3.05, 3.63) is 96.1 Å². The van der Waals surface area contributed by atoms with Crippen LogP contribution in [0.4, 0.5) is 11.4 Å². The molecule has 3 atom stereocenters. The first-order valence-corrected chi connectivity index (χ1v) is 10.5. The number of esters is 1. The van der Waals surface area contributed by atoms with Gasteiger partial charge >= 0.3 is 5.97 Å². The van der Waals surface area contributed by atoms with Crippen molar-refractivity contribution in [2.75, 3.05) is 10.2 Å². The molecule has 4 rings (SSSR count). The topological polar surface area (TPSA) is 58.6 Å². The summed E-state index contributed by atoms with van der Waals surface area (Å²) in [6, 6.07) is 27.2. The minimum absolute atomic E-state index is 0.0709. The number of nitrogens with zero attached hydrogens (tertiary/aromatic N) is 1. The van der Waals surface area contributed by atoms with E-state index in [9.17, 15) is 9.59 Å². The van der Waals surface area contributed by atoms with E-state index in [2.05, 4.69) is 5.32 Å². The Labute approximate surface area is 182 Å². The third-order valence-electron chi connectivity index (χ3n) is 5.55. The minimum Gasteiger partial charge on any atom is -0.447 e. The first-order chi connectivity index (χ1) is 15.0. The number of benzene rings is 3. The molecule has 0 spiro atoms. The van der Waals surface area contributed by atoms with Gasteiger partial charge in [-0.05, 0) is 37.1 Å². The number of fused-ring (bicyclic) bond motifs is 1. The van der Waals surface area contributed by atoms with Gasteiger partial charge in [-0.1, -0.05) is 66.7 Å². The van der Waals surface area contributed by atoms with Crippen molar-refractivity contribution in [3.63, 3.8) is 0 Å². The number of anilines is 2. The number of hydrogen-bond donors (Lipinski definition) is 1. The Morgan fingerprint density at radius 1 is 0.935 bits per heavy atom. The lowest BCUT2D eigenvalue weighted by Crippen LogP contribution is -2.47. The average Bonchev–Trinajstić information content (AvgIpc) is 2.78. The zero-order chi connectivity index (χ0) is 21.8. The van der Waals surface area contributed by atoms with Crippen LogP contribution in [-0.4, -0.2) is 17.9 Å². The molecule has 0 unspecified atom stereocenters. The van der Waals surface area contributed by atoms with Gasteiger partial charge in [0.1, 0.15) is 0 Å². The first kappa shape index (κ1) is 20.7. The van der Waals surface area contributed by atoms with Gasteiger partial charge in [0.15, 0.2) is 0 Å². The Balaban J connectivity index is 1.69. The van der Waals surface area contributed by atoms with Crippen molar-refractivity contribution in [1.29, 1.82) is 0 Å². The van der Waals surface area contributed by atoms with Crippen molar-refractivity contribution in [3.8, 4) is 0 Å². The number of rotatable bonds is 5. The van der Waals surface area contributed by atoms with Gasteiger partial charge in [-0.2, -0.15) is 0 Å². The largest absolute Gasteiger partial charge is 0.447 e. The summed E-state index contributed by atoms with van der Waals surface area (Å²) in [5.41, 5.74) is 3.59. The van der Waals surface area contributed by atoms with Gasteiger partial charge < -0.3 is 15.0 Å². The summed E-state index contributed by atoms with van der Waals surface area (Å²) in [6.45, 7) is 3.36. The fourth-order valence-corrected chi connectivity index (χ4v) is 4.20. The van der Waals surface area contributed by atoms with Crippen LogP contribution in [0.25, 0.3) is 0 Å². The number of amides is 1. The van der Waals surface area contributed by atoms with E-state index in [-0.39, 0.29) is 18.0 Å². The summed E-state index contributed by atoms with van der Waals surface area (Å²) in [4.78, 5) is 27.3. The van der Waals surface area contributed by atoms with E-state index in [4.69, 9.17) is 4.74 Å². The second kappa shape index (κ2) is 9.04. The molecule has 5 heteroatoms. The second-order valence-corrected chi connectivity index (χ2v) is 7.81. The van der Waals surface area contributed by atoms with Crippen LogP contribution in [0.5, 0.6) is 0 Å². The summed E-state index contributed by atoms with van der Waals surface area (Å²) in [5, 5.41) is 3.60. The van der Waals surface area contributed by atoms with Crippen molar-refractivity contribution in [2.45, 2.75) is 38.5 Å². The number of para-hydroxylation sites is 2. The molecule has 158 valence electrons. The standard InChI is InChI=1S/C26H26N2O3/c1-18-17-23(27-21-13-7-4-8-14-21)22-15-9-10-16-24(22)28(18)26(30)25(31-19(2)29)20-11-5-3-6-12-20/h3-16,18,23,25,27H,17H2,1-2H3/t18-,23-,25-/m0/s1. The first-order valence-electron chi connectivity index (χ1n) is 10.5. The summed E-state index contributed by atoms with van der Waals surface area (Å²) >= 11 is 0. The third kappa shape index (κ3) is 4.45. The number of carbonyl (C=O) groups excluding carboxylic acids is 2. The van der Waals surface area contributed by atoms with Crippen LogP contribution in [0, 0.1) is 0 Å². The van der Waals surface area contributed by atoms with Crippen LogP contribution in [0.2, 0.25) is 0 Å². The van der Waals surface area contributed by atoms with Gasteiger partial charge in [0.05, 0.1) is 6.04 Å². The molecule has 0 fully saturated rings. The van der Waals surface area contributed by atoms with E-state index in [1.165, 1.54) is 6.92 Å². The fourth-order valence-electron chi connectivity index (χ4n) is 4.20. The van der Waals surface area contributed by atoms with Crippen LogP contribution in [0.15, 0.2) is 84.9 Å². The third-order valence-corrected chi connectivity index (χ3v) is 5.55. The molecule has 0 aromatic heterocycles. The SMILES string of the molecule is CC(=O)O[C@H](C(=O)N1c2ccccc2[C@@H](Nc2ccccc2)C[C@@H]1C)c1ccccc1. The quantitative estimate of drug-likeness (QED) is 0.578. The Hall–Kier alpha value is -3.60. The smallest absolute Gasteiger partial charge is 0.303 e. The molecule has 0 saturated carbocycles. The predicted octanol–water partition coefficient (Wildman–Crippen LogP) is 5.27. The maximum Gasteiger partial charge on any atom is 0.303 e. The second-order valence-electron chi connectivity index (χ2n) is 7.81. The Bertz CT molecular complexity index is 1050. The molecule has 31 heavy (non-hydrogen) atoms. The maximum absolute atomic E-state index is 13.7. The highest BCUT2D eigenvalue weighted by Crippen LogP contribution is 2.40. The van der Waals surface area contributed by atoms with Crippen molar-refractivity contribution < 1.29 is 14.3 Å². The number of nitrogens with one attached hydrogen (secondary N) is 1.